The average Bonchev–Trinajstić information content (AvgIpc) is 3.27. The number of benzene rings is 3. The van der Waals surface area contributed by atoms with Crippen LogP contribution in [0.3, 0.4) is 0 Å². The van der Waals surface area contributed by atoms with Crippen LogP contribution >= 0.6 is 22.6 Å². The van der Waals surface area contributed by atoms with Crippen molar-refractivity contribution >= 4 is 28.6 Å². The molecule has 0 aliphatic rings. The Labute approximate surface area is 196 Å². The van der Waals surface area contributed by atoms with Crippen LogP contribution in [0.25, 0.3) is 0 Å². The first-order chi connectivity index (χ1) is 15.2. The van der Waals surface area contributed by atoms with E-state index >= 15 is 0 Å². The van der Waals surface area contributed by atoms with Crippen LogP contribution in [0, 0.1) is 0 Å². The highest BCUT2D eigenvalue weighted by molar-refractivity contribution is 14.1. The molecule has 0 saturated carbocycles. The number of aromatic nitrogens is 2. The summed E-state index contributed by atoms with van der Waals surface area (Å²) in [6, 6.07) is 30.9. The third kappa shape index (κ3) is 3.90. The number of ether oxygens (including phenoxy) is 1. The molecule has 31 heavy (non-hydrogen) atoms. The smallest absolute Gasteiger partial charge is 0.359 e. The first-order valence-corrected chi connectivity index (χ1v) is 11.7. The van der Waals surface area contributed by atoms with Gasteiger partial charge in [0.25, 0.3) is 0 Å². The van der Waals surface area contributed by atoms with E-state index in [1.807, 2.05) is 65.5 Å². The van der Waals surface area contributed by atoms with Crippen LogP contribution in [0.2, 0.25) is 0 Å². The van der Waals surface area contributed by atoms with Gasteiger partial charge < -0.3 is 4.74 Å². The van der Waals surface area contributed by atoms with Gasteiger partial charge in [0.1, 0.15) is 5.54 Å². The highest BCUT2D eigenvalue weighted by Crippen LogP contribution is 2.40. The van der Waals surface area contributed by atoms with E-state index in [0.717, 1.165) is 22.3 Å². The summed E-state index contributed by atoms with van der Waals surface area (Å²) in [5, 5.41) is 4.84. The lowest BCUT2D eigenvalue weighted by Gasteiger charge is -2.36. The molecule has 0 radical (unpaired) electrons. The zero-order valence-electron chi connectivity index (χ0n) is 17.2. The van der Waals surface area contributed by atoms with Crippen LogP contribution < -0.4 is 0 Å². The third-order valence-corrected chi connectivity index (χ3v) is 6.14. The number of carbonyl (C=O) groups excluding carboxylic acids is 1. The molecule has 3 aromatic carbocycles. The number of rotatable bonds is 7. The van der Waals surface area contributed by atoms with Gasteiger partial charge in [0.05, 0.1) is 6.61 Å². The first kappa shape index (κ1) is 21.3. The molecule has 4 nitrogen and oxygen atoms in total. The molecule has 1 aromatic heterocycles. The van der Waals surface area contributed by atoms with Crippen LogP contribution in [0.1, 0.15) is 39.7 Å². The molecule has 0 spiro atoms. The van der Waals surface area contributed by atoms with Gasteiger partial charge in [-0.2, -0.15) is 5.10 Å². The normalized spacial score (nSPS) is 11.3. The Morgan fingerprint density at radius 1 is 0.871 bits per heavy atom. The molecule has 0 aliphatic carbocycles. The van der Waals surface area contributed by atoms with E-state index in [0.29, 0.717) is 16.7 Å². The van der Waals surface area contributed by atoms with Gasteiger partial charge in [0.15, 0.2) is 5.69 Å². The molecule has 156 valence electrons. The Kier molecular flexibility index (Phi) is 6.51. The van der Waals surface area contributed by atoms with Crippen LogP contribution in [0.15, 0.2) is 97.2 Å². The molecule has 0 N–H and O–H groups in total. The van der Waals surface area contributed by atoms with Crippen molar-refractivity contribution in [3.63, 3.8) is 0 Å². The molecule has 0 fully saturated rings. The maximum Gasteiger partial charge on any atom is 0.359 e. The second-order valence-corrected chi connectivity index (χ2v) is 7.87. The maximum absolute atomic E-state index is 12.7. The number of hydrogen-bond acceptors (Lipinski definition) is 3. The number of carbonyl (C=O) groups is 1. The Morgan fingerprint density at radius 3 is 1.71 bits per heavy atom. The molecule has 0 saturated heterocycles. The van der Waals surface area contributed by atoms with E-state index in [4.69, 9.17) is 9.84 Å². The molecular formula is C26H23IN2O2. The van der Waals surface area contributed by atoms with Gasteiger partial charge in [0.2, 0.25) is 0 Å². The summed E-state index contributed by atoms with van der Waals surface area (Å²) in [6.45, 7) is 2.12. The molecule has 4 aromatic rings. The molecular weight excluding hydrogens is 499 g/mol. The lowest BCUT2D eigenvalue weighted by Crippen LogP contribution is -2.38. The van der Waals surface area contributed by atoms with Crippen LogP contribution in [-0.2, 0) is 14.7 Å². The summed E-state index contributed by atoms with van der Waals surface area (Å²) in [4.78, 5) is 12.7. The fraction of sp³-hybridized carbons (Fsp3) is 0.154. The minimum absolute atomic E-state index is 0.313. The second-order valence-electron chi connectivity index (χ2n) is 7.11. The lowest BCUT2D eigenvalue weighted by molar-refractivity contribution is 0.0517. The van der Waals surface area contributed by atoms with Crippen LogP contribution in [0.5, 0.6) is 0 Å². The summed E-state index contributed by atoms with van der Waals surface area (Å²) < 4.78 is 7.87. The van der Waals surface area contributed by atoms with Crippen LogP contribution in [0.4, 0.5) is 0 Å². The Morgan fingerprint density at radius 2 is 1.32 bits per heavy atom. The van der Waals surface area contributed by atoms with Gasteiger partial charge in [-0.25, -0.2) is 4.79 Å². The van der Waals surface area contributed by atoms with Crippen molar-refractivity contribution in [2.24, 2.45) is 0 Å². The standard InChI is InChI=1S/C26H23IN2O2/c1-2-31-25(30)24-20(18-27)19-29(28-24)26(21-12-6-3-7-13-21,22-14-8-4-9-15-22)23-16-10-5-11-17-23/h3-17,19H,2,18H2,1H3. The van der Waals surface area contributed by atoms with Gasteiger partial charge >= 0.3 is 5.97 Å². The van der Waals surface area contributed by atoms with E-state index < -0.39 is 11.5 Å². The molecule has 0 bridgehead atoms. The molecule has 4 rings (SSSR count). The maximum atomic E-state index is 12.7. The predicted molar refractivity (Wildman–Crippen MR) is 131 cm³/mol. The Hall–Kier alpha value is -2.93. The van der Waals surface area contributed by atoms with Crippen molar-refractivity contribution in [3.05, 3.63) is 125 Å². The predicted octanol–water partition coefficient (Wildman–Crippen LogP) is 5.84. The van der Waals surface area contributed by atoms with Crippen molar-refractivity contribution in [3.8, 4) is 0 Å². The fourth-order valence-corrected chi connectivity index (χ4v) is 4.54. The van der Waals surface area contributed by atoms with E-state index in [1.165, 1.54) is 0 Å². The summed E-state index contributed by atoms with van der Waals surface area (Å²) in [5.74, 6) is -0.393. The number of halogens is 1. The topological polar surface area (TPSA) is 44.1 Å². The van der Waals surface area contributed by atoms with E-state index in [-0.39, 0.29) is 0 Å². The highest BCUT2D eigenvalue weighted by Gasteiger charge is 2.40. The zero-order chi connectivity index (χ0) is 21.7. The van der Waals surface area contributed by atoms with Gasteiger partial charge in [0, 0.05) is 16.2 Å². The van der Waals surface area contributed by atoms with Crippen molar-refractivity contribution in [1.82, 2.24) is 9.78 Å². The molecule has 0 unspecified atom stereocenters. The molecule has 5 heteroatoms. The van der Waals surface area contributed by atoms with Crippen LogP contribution in [-0.4, -0.2) is 22.4 Å². The average molecular weight is 522 g/mol. The second kappa shape index (κ2) is 9.47. The van der Waals surface area contributed by atoms with E-state index in [9.17, 15) is 4.79 Å². The monoisotopic (exact) mass is 522 g/mol. The third-order valence-electron chi connectivity index (χ3n) is 5.32. The van der Waals surface area contributed by atoms with E-state index in [2.05, 4.69) is 59.0 Å². The summed E-state index contributed by atoms with van der Waals surface area (Å²) >= 11 is 2.27. The highest BCUT2D eigenvalue weighted by atomic mass is 127. The van der Waals surface area contributed by atoms with Gasteiger partial charge in [-0.05, 0) is 23.6 Å². The number of esters is 1. The minimum atomic E-state index is -0.741. The van der Waals surface area contributed by atoms with Crippen molar-refractivity contribution in [2.45, 2.75) is 16.9 Å². The Balaban J connectivity index is 2.08. The zero-order valence-corrected chi connectivity index (χ0v) is 19.4. The summed E-state index contributed by atoms with van der Waals surface area (Å²) in [6.07, 6.45) is 1.98. The molecule has 0 atom stereocenters. The molecule has 1 heterocycles. The Bertz CT molecular complexity index is 1050. The fourth-order valence-electron chi connectivity index (χ4n) is 3.99. The number of hydrogen-bond donors (Lipinski definition) is 0. The van der Waals surface area contributed by atoms with Crippen molar-refractivity contribution in [1.29, 1.82) is 0 Å². The number of nitrogens with zero attached hydrogens (tertiary/aromatic N) is 2. The van der Waals surface area contributed by atoms with E-state index in [1.54, 1.807) is 6.92 Å². The molecule has 0 aliphatic heterocycles. The van der Waals surface area contributed by atoms with Gasteiger partial charge in [-0.1, -0.05) is 114 Å². The quantitative estimate of drug-likeness (QED) is 0.133. The summed E-state index contributed by atoms with van der Waals surface area (Å²) in [7, 11) is 0. The number of alkyl halides is 1. The molecule has 0 amide bonds. The SMILES string of the molecule is CCOC(=O)c1nn(C(c2ccccc2)(c2ccccc2)c2ccccc2)cc1CI. The van der Waals surface area contributed by atoms with Crippen molar-refractivity contribution in [2.75, 3.05) is 6.61 Å². The first-order valence-electron chi connectivity index (χ1n) is 10.2. The lowest BCUT2D eigenvalue weighted by atomic mass is 9.77. The minimum Gasteiger partial charge on any atom is -0.461 e. The van der Waals surface area contributed by atoms with Crippen molar-refractivity contribution < 1.29 is 9.53 Å². The van der Waals surface area contributed by atoms with Gasteiger partial charge in [-0.3, -0.25) is 4.68 Å². The largest absolute Gasteiger partial charge is 0.461 e. The van der Waals surface area contributed by atoms with Gasteiger partial charge in [-0.15, -0.1) is 0 Å². The summed E-state index contributed by atoms with van der Waals surface area (Å²) in [5.41, 5.74) is 3.66.